The molecule has 1 fully saturated rings. The first-order valence-corrected chi connectivity index (χ1v) is 6.11. The van der Waals surface area contributed by atoms with Crippen molar-refractivity contribution in [3.8, 4) is 0 Å². The fourth-order valence-electron chi connectivity index (χ4n) is 2.06. The van der Waals surface area contributed by atoms with Crippen LogP contribution in [0.4, 0.5) is 0 Å². The summed E-state index contributed by atoms with van der Waals surface area (Å²) in [6.07, 6.45) is 7.27. The van der Waals surface area contributed by atoms with E-state index in [4.69, 9.17) is 4.74 Å². The minimum Gasteiger partial charge on any atom is -0.381 e. The minimum atomic E-state index is 0.473. The topological polar surface area (TPSA) is 27.1 Å². The van der Waals surface area contributed by atoms with Crippen molar-refractivity contribution < 1.29 is 4.74 Å². The van der Waals surface area contributed by atoms with Gasteiger partial charge in [0.15, 0.2) is 0 Å². The number of ether oxygens (including phenoxy) is 1. The van der Waals surface area contributed by atoms with E-state index in [0.717, 1.165) is 16.5 Å². The monoisotopic (exact) mass is 306 g/mol. The second-order valence-corrected chi connectivity index (χ2v) is 4.89. The standard InChI is InChI=1S/C10H15IN2O/c1-14-9-4-2-8(3-5-9)13-7-6-10(11)12-13/h6-9H,2-5H2,1H3/t8-,9-. The van der Waals surface area contributed by atoms with Crippen LogP contribution in [-0.4, -0.2) is 23.0 Å². The highest BCUT2D eigenvalue weighted by Crippen LogP contribution is 2.29. The van der Waals surface area contributed by atoms with E-state index in [0.29, 0.717) is 12.1 Å². The molecule has 0 radical (unpaired) electrons. The number of hydrogen-bond donors (Lipinski definition) is 0. The second kappa shape index (κ2) is 4.61. The lowest BCUT2D eigenvalue weighted by molar-refractivity contribution is 0.0568. The third-order valence-corrected chi connectivity index (χ3v) is 3.50. The van der Waals surface area contributed by atoms with Crippen LogP contribution in [0.25, 0.3) is 0 Å². The average Bonchev–Trinajstić information content (AvgIpc) is 2.65. The van der Waals surface area contributed by atoms with Crippen molar-refractivity contribution in [3.05, 3.63) is 16.0 Å². The van der Waals surface area contributed by atoms with Crippen LogP contribution in [0.2, 0.25) is 0 Å². The molecule has 2 rings (SSSR count). The number of halogens is 1. The van der Waals surface area contributed by atoms with E-state index in [9.17, 15) is 0 Å². The number of methoxy groups -OCH3 is 1. The Morgan fingerprint density at radius 1 is 1.43 bits per heavy atom. The van der Waals surface area contributed by atoms with Gasteiger partial charge >= 0.3 is 0 Å². The summed E-state index contributed by atoms with van der Waals surface area (Å²) in [4.78, 5) is 0. The van der Waals surface area contributed by atoms with Gasteiger partial charge in [-0.1, -0.05) is 0 Å². The van der Waals surface area contributed by atoms with Crippen LogP contribution in [0.15, 0.2) is 12.3 Å². The highest BCUT2D eigenvalue weighted by Gasteiger charge is 2.22. The van der Waals surface area contributed by atoms with Crippen LogP contribution in [0.5, 0.6) is 0 Å². The summed E-state index contributed by atoms with van der Waals surface area (Å²) in [6, 6.07) is 2.65. The van der Waals surface area contributed by atoms with Gasteiger partial charge in [0, 0.05) is 13.3 Å². The van der Waals surface area contributed by atoms with Crippen molar-refractivity contribution >= 4 is 22.6 Å². The Balaban J connectivity index is 1.95. The maximum Gasteiger partial charge on any atom is 0.123 e. The molecule has 4 heteroatoms. The smallest absolute Gasteiger partial charge is 0.123 e. The third kappa shape index (κ3) is 2.28. The van der Waals surface area contributed by atoms with Crippen molar-refractivity contribution in [2.45, 2.75) is 37.8 Å². The fraction of sp³-hybridized carbons (Fsp3) is 0.700. The number of rotatable bonds is 2. The van der Waals surface area contributed by atoms with Crippen molar-refractivity contribution in [1.82, 2.24) is 9.78 Å². The molecule has 1 aliphatic carbocycles. The van der Waals surface area contributed by atoms with E-state index in [1.54, 1.807) is 0 Å². The molecule has 1 heterocycles. The van der Waals surface area contributed by atoms with Gasteiger partial charge in [0.1, 0.15) is 3.70 Å². The third-order valence-electron chi connectivity index (χ3n) is 2.93. The lowest BCUT2D eigenvalue weighted by Crippen LogP contribution is -2.22. The maximum absolute atomic E-state index is 5.35. The van der Waals surface area contributed by atoms with E-state index in [1.165, 1.54) is 12.8 Å². The normalized spacial score (nSPS) is 27.9. The van der Waals surface area contributed by atoms with Gasteiger partial charge in [0.25, 0.3) is 0 Å². The van der Waals surface area contributed by atoms with E-state index >= 15 is 0 Å². The molecular weight excluding hydrogens is 291 g/mol. The van der Waals surface area contributed by atoms with Crippen LogP contribution >= 0.6 is 22.6 Å². The molecule has 0 amide bonds. The van der Waals surface area contributed by atoms with Crippen molar-refractivity contribution in [2.75, 3.05) is 7.11 Å². The van der Waals surface area contributed by atoms with Gasteiger partial charge in [-0.15, -0.1) is 0 Å². The van der Waals surface area contributed by atoms with E-state index in [1.807, 2.05) is 7.11 Å². The van der Waals surface area contributed by atoms with Crippen LogP contribution in [-0.2, 0) is 4.74 Å². The maximum atomic E-state index is 5.35. The summed E-state index contributed by atoms with van der Waals surface area (Å²) >= 11 is 2.25. The Morgan fingerprint density at radius 3 is 2.64 bits per heavy atom. The zero-order chi connectivity index (χ0) is 9.97. The Morgan fingerprint density at radius 2 is 2.14 bits per heavy atom. The van der Waals surface area contributed by atoms with E-state index in [2.05, 4.69) is 44.6 Å². The highest BCUT2D eigenvalue weighted by molar-refractivity contribution is 14.1. The van der Waals surface area contributed by atoms with Gasteiger partial charge in [0.05, 0.1) is 12.1 Å². The molecule has 0 spiro atoms. The summed E-state index contributed by atoms with van der Waals surface area (Å²) in [5.74, 6) is 0. The quantitative estimate of drug-likeness (QED) is 0.785. The molecule has 1 saturated carbocycles. The van der Waals surface area contributed by atoms with Crippen LogP contribution in [0.3, 0.4) is 0 Å². The first kappa shape index (κ1) is 10.4. The number of aromatic nitrogens is 2. The zero-order valence-corrected chi connectivity index (χ0v) is 10.5. The highest BCUT2D eigenvalue weighted by atomic mass is 127. The summed E-state index contributed by atoms with van der Waals surface area (Å²) < 4.78 is 8.53. The van der Waals surface area contributed by atoms with Crippen molar-refractivity contribution in [2.24, 2.45) is 0 Å². The lowest BCUT2D eigenvalue weighted by Gasteiger charge is -2.27. The van der Waals surface area contributed by atoms with Gasteiger partial charge in [0.2, 0.25) is 0 Å². The molecule has 1 aliphatic rings. The lowest BCUT2D eigenvalue weighted by atomic mass is 9.93. The van der Waals surface area contributed by atoms with Crippen LogP contribution in [0, 0.1) is 3.70 Å². The zero-order valence-electron chi connectivity index (χ0n) is 8.32. The van der Waals surface area contributed by atoms with Crippen molar-refractivity contribution in [3.63, 3.8) is 0 Å². The fourth-order valence-corrected chi connectivity index (χ4v) is 2.47. The molecule has 0 unspecified atom stereocenters. The number of nitrogens with zero attached hydrogens (tertiary/aromatic N) is 2. The molecule has 78 valence electrons. The van der Waals surface area contributed by atoms with Gasteiger partial charge in [-0.05, 0) is 54.3 Å². The van der Waals surface area contributed by atoms with E-state index < -0.39 is 0 Å². The van der Waals surface area contributed by atoms with Gasteiger partial charge in [-0.3, -0.25) is 4.68 Å². The van der Waals surface area contributed by atoms with E-state index in [-0.39, 0.29) is 0 Å². The first-order valence-electron chi connectivity index (χ1n) is 5.03. The molecule has 0 atom stereocenters. The second-order valence-electron chi connectivity index (χ2n) is 3.78. The molecule has 0 saturated heterocycles. The minimum absolute atomic E-state index is 0.473. The molecule has 14 heavy (non-hydrogen) atoms. The summed E-state index contributed by atoms with van der Waals surface area (Å²) in [7, 11) is 1.81. The SMILES string of the molecule is CO[C@H]1CC[C@H](n2ccc(I)n2)CC1. The van der Waals surface area contributed by atoms with Crippen LogP contribution in [0.1, 0.15) is 31.7 Å². The van der Waals surface area contributed by atoms with Gasteiger partial charge in [-0.25, -0.2) is 0 Å². The molecule has 1 aromatic heterocycles. The molecule has 0 N–H and O–H groups in total. The molecule has 0 aliphatic heterocycles. The first-order chi connectivity index (χ1) is 6.79. The average molecular weight is 306 g/mol. The van der Waals surface area contributed by atoms with Gasteiger partial charge in [-0.2, -0.15) is 5.10 Å². The molecular formula is C10H15IN2O. The Bertz CT molecular complexity index is 292. The van der Waals surface area contributed by atoms with Crippen molar-refractivity contribution in [1.29, 1.82) is 0 Å². The predicted molar refractivity (Wildman–Crippen MR) is 63.2 cm³/mol. The molecule has 1 aromatic rings. The summed E-state index contributed by atoms with van der Waals surface area (Å²) in [5.41, 5.74) is 0. The van der Waals surface area contributed by atoms with Crippen LogP contribution < -0.4 is 0 Å². The number of hydrogen-bond acceptors (Lipinski definition) is 2. The Hall–Kier alpha value is -0.100. The summed E-state index contributed by atoms with van der Waals surface area (Å²) in [6.45, 7) is 0. The Kier molecular flexibility index (Phi) is 3.43. The molecule has 0 aromatic carbocycles. The predicted octanol–water partition coefficient (Wildman–Crippen LogP) is 2.62. The van der Waals surface area contributed by atoms with Gasteiger partial charge < -0.3 is 4.74 Å². The summed E-state index contributed by atoms with van der Waals surface area (Å²) in [5, 5.41) is 4.45. The molecule has 3 nitrogen and oxygen atoms in total. The molecule has 0 bridgehead atoms. The Labute approximate surface area is 98.0 Å². The largest absolute Gasteiger partial charge is 0.381 e.